The number of anilines is 1. The van der Waals surface area contributed by atoms with E-state index in [0.29, 0.717) is 60.0 Å². The Hall–Kier alpha value is -4.70. The number of hydrogen-bond donors (Lipinski definition) is 1. The van der Waals surface area contributed by atoms with E-state index in [4.69, 9.17) is 33.3 Å². The van der Waals surface area contributed by atoms with E-state index in [1.807, 2.05) is 73.6 Å². The SMILES string of the molecule is Cc1nc2cc(C=CCc3ccc(F)cc3B3OC(C)(C)C(C)(C)O3)nn2c(N2CCC(C)(OCCCCC(C)O[Si](c3ccccc3)(c3ccccc3)C(C)(C)C)CC2)c1C(OC(C)(C)C)C(=O)O. The molecule has 376 valence electrons. The van der Waals surface area contributed by atoms with Gasteiger partial charge in [-0.2, -0.15) is 9.61 Å². The first kappa shape index (κ1) is 53.1. The van der Waals surface area contributed by atoms with Crippen molar-refractivity contribution in [1.29, 1.82) is 0 Å². The second-order valence-corrected chi connectivity index (χ2v) is 26.9. The number of aliphatic carboxylic acids is 1. The molecule has 0 aliphatic carbocycles. The van der Waals surface area contributed by atoms with Crippen LogP contribution in [0.2, 0.25) is 5.04 Å². The minimum atomic E-state index is -2.65. The standard InChI is InChI=1S/C56H76BFN4O7Si/c1-39(67-70(53(6,7)8,44-26-16-14-17-27-44)45-28-18-15-19-29-45)23-20-21-36-65-56(13)32-34-61(35-33-56)50-48(49(51(63)64)66-52(3,4)5)40(2)59-47-38-43(60-62(47)50)25-22-24-41-30-31-42(58)37-46(41)57-68-54(9,10)55(11,12)69-57/h14-19,22,25-31,37-39,49H,20-21,23-24,32-36H2,1-13H3,(H,63,64). The molecule has 14 heteroatoms. The Bertz CT molecular complexity index is 2560. The van der Waals surface area contributed by atoms with Crippen LogP contribution in [-0.4, -0.2) is 89.3 Å². The molecule has 0 saturated carbocycles. The van der Waals surface area contributed by atoms with E-state index in [2.05, 4.69) is 100 Å². The zero-order valence-corrected chi connectivity index (χ0v) is 44.9. The van der Waals surface area contributed by atoms with Crippen molar-refractivity contribution >= 4 is 54.8 Å². The van der Waals surface area contributed by atoms with E-state index in [0.717, 1.165) is 37.7 Å². The van der Waals surface area contributed by atoms with Crippen LogP contribution >= 0.6 is 0 Å². The Morgan fingerprint density at radius 1 is 0.900 bits per heavy atom. The summed E-state index contributed by atoms with van der Waals surface area (Å²) in [6.07, 6.45) is 7.42. The zero-order valence-electron chi connectivity index (χ0n) is 43.9. The number of carboxylic acid groups (broad SMARTS) is 1. The molecule has 5 aromatic rings. The normalized spacial score (nSPS) is 18.2. The van der Waals surface area contributed by atoms with Gasteiger partial charge in [0.25, 0.3) is 8.32 Å². The second-order valence-electron chi connectivity index (χ2n) is 22.6. The lowest BCUT2D eigenvalue weighted by molar-refractivity contribution is -0.160. The molecular weight excluding hydrogens is 899 g/mol. The fraction of sp³-hybridized carbons (Fsp3) is 0.518. The highest BCUT2D eigenvalue weighted by Gasteiger charge is 2.53. The molecule has 2 saturated heterocycles. The second kappa shape index (κ2) is 20.8. The first-order chi connectivity index (χ1) is 32.8. The molecule has 2 aromatic heterocycles. The predicted molar refractivity (Wildman–Crippen MR) is 282 cm³/mol. The monoisotopic (exact) mass is 975 g/mol. The molecule has 0 bridgehead atoms. The smallest absolute Gasteiger partial charge is 0.479 e. The minimum Gasteiger partial charge on any atom is -0.479 e. The summed E-state index contributed by atoms with van der Waals surface area (Å²) >= 11 is 0. The van der Waals surface area contributed by atoms with Gasteiger partial charge in [0.15, 0.2) is 11.8 Å². The molecule has 0 spiro atoms. The lowest BCUT2D eigenvalue weighted by Gasteiger charge is -2.44. The number of piperidine rings is 1. The summed E-state index contributed by atoms with van der Waals surface area (Å²) < 4.78 is 49.3. The highest BCUT2D eigenvalue weighted by Crippen LogP contribution is 2.40. The molecule has 70 heavy (non-hydrogen) atoms. The van der Waals surface area contributed by atoms with E-state index >= 15 is 0 Å². The molecular formula is C56H76BFN4O7Si. The Kier molecular flexibility index (Phi) is 15.8. The van der Waals surface area contributed by atoms with Crippen molar-refractivity contribution in [3.63, 3.8) is 0 Å². The third kappa shape index (κ3) is 11.6. The van der Waals surface area contributed by atoms with Crippen molar-refractivity contribution < 1.29 is 37.5 Å². The number of ether oxygens (including phenoxy) is 2. The van der Waals surface area contributed by atoms with Crippen LogP contribution in [0, 0.1) is 12.7 Å². The topological polar surface area (TPSA) is 117 Å². The van der Waals surface area contributed by atoms with Gasteiger partial charge in [-0.1, -0.05) is 93.6 Å². The van der Waals surface area contributed by atoms with Gasteiger partial charge >= 0.3 is 13.1 Å². The van der Waals surface area contributed by atoms with Crippen LogP contribution in [0.5, 0.6) is 0 Å². The summed E-state index contributed by atoms with van der Waals surface area (Å²) in [5.74, 6) is -0.806. The van der Waals surface area contributed by atoms with Gasteiger partial charge in [0, 0.05) is 37.6 Å². The van der Waals surface area contributed by atoms with Crippen LogP contribution in [0.15, 0.2) is 91.0 Å². The summed E-state index contributed by atoms with van der Waals surface area (Å²) in [5.41, 5.74) is 1.53. The maximum atomic E-state index is 14.6. The number of allylic oxidation sites excluding steroid dienone is 1. The molecule has 0 amide bonds. The predicted octanol–water partition coefficient (Wildman–Crippen LogP) is 10.2. The van der Waals surface area contributed by atoms with Gasteiger partial charge in [0.2, 0.25) is 0 Å². The summed E-state index contributed by atoms with van der Waals surface area (Å²) in [4.78, 5) is 20.2. The number of hydrogen-bond acceptors (Lipinski definition) is 9. The quantitative estimate of drug-likeness (QED) is 0.0672. The molecule has 2 fully saturated rings. The third-order valence-electron chi connectivity index (χ3n) is 14.4. The Balaban J connectivity index is 1.05. The number of carboxylic acids is 1. The van der Waals surface area contributed by atoms with Gasteiger partial charge in [-0.3, -0.25) is 0 Å². The number of unbranched alkanes of at least 4 members (excludes halogenated alkanes) is 1. The van der Waals surface area contributed by atoms with Crippen LogP contribution < -0.4 is 20.7 Å². The van der Waals surface area contributed by atoms with Crippen LogP contribution in [0.1, 0.15) is 144 Å². The van der Waals surface area contributed by atoms with Gasteiger partial charge in [0.05, 0.1) is 33.7 Å². The van der Waals surface area contributed by atoms with Crippen LogP contribution in [0.25, 0.3) is 11.7 Å². The maximum absolute atomic E-state index is 14.6. The maximum Gasteiger partial charge on any atom is 0.495 e. The number of fused-ring (bicyclic) bond motifs is 1. The zero-order chi connectivity index (χ0) is 50.9. The number of carbonyl (C=O) groups is 1. The first-order valence-electron chi connectivity index (χ1n) is 25.1. The van der Waals surface area contributed by atoms with Crippen molar-refractivity contribution in [2.45, 2.75) is 168 Å². The van der Waals surface area contributed by atoms with Crippen molar-refractivity contribution in [2.75, 3.05) is 24.6 Å². The summed E-state index contributed by atoms with van der Waals surface area (Å²) in [7, 11) is -3.36. The lowest BCUT2D eigenvalue weighted by Crippen LogP contribution is -2.67. The van der Waals surface area contributed by atoms with Crippen LogP contribution in [-0.2, 0) is 34.4 Å². The van der Waals surface area contributed by atoms with Gasteiger partial charge in [-0.15, -0.1) is 0 Å². The largest absolute Gasteiger partial charge is 0.495 e. The third-order valence-corrected chi connectivity index (χ3v) is 19.6. The molecule has 7 rings (SSSR count). The fourth-order valence-electron chi connectivity index (χ4n) is 9.90. The Labute approximate surface area is 417 Å². The summed E-state index contributed by atoms with van der Waals surface area (Å²) in [5, 5.41) is 18.2. The van der Waals surface area contributed by atoms with E-state index in [9.17, 15) is 14.3 Å². The first-order valence-corrected chi connectivity index (χ1v) is 27.0. The van der Waals surface area contributed by atoms with Crippen molar-refractivity contribution in [3.05, 3.63) is 119 Å². The molecule has 2 aliphatic heterocycles. The Morgan fingerprint density at radius 2 is 1.50 bits per heavy atom. The molecule has 1 N–H and O–H groups in total. The number of nitrogens with zero attached hydrogens (tertiary/aromatic N) is 4. The van der Waals surface area contributed by atoms with Crippen LogP contribution in [0.3, 0.4) is 0 Å². The minimum absolute atomic E-state index is 0.0605. The average molecular weight is 975 g/mol. The number of halogens is 1. The number of aromatic nitrogens is 3. The lowest BCUT2D eigenvalue weighted by atomic mass is 9.75. The summed E-state index contributed by atoms with van der Waals surface area (Å²) in [6.45, 7) is 28.5. The number of benzene rings is 3. The van der Waals surface area contributed by atoms with Gasteiger partial charge in [0.1, 0.15) is 11.6 Å². The van der Waals surface area contributed by atoms with Crippen molar-refractivity contribution in [1.82, 2.24) is 14.6 Å². The molecule has 2 aliphatic rings. The van der Waals surface area contributed by atoms with Gasteiger partial charge < -0.3 is 33.2 Å². The molecule has 2 unspecified atom stereocenters. The summed E-state index contributed by atoms with van der Waals surface area (Å²) in [6, 6.07) is 28.2. The van der Waals surface area contributed by atoms with Gasteiger partial charge in [-0.25, -0.2) is 14.2 Å². The van der Waals surface area contributed by atoms with E-state index in [1.165, 1.54) is 22.5 Å². The number of rotatable bonds is 18. The highest BCUT2D eigenvalue weighted by atomic mass is 28.4. The van der Waals surface area contributed by atoms with Crippen molar-refractivity contribution in [3.8, 4) is 0 Å². The molecule has 3 aromatic carbocycles. The highest BCUT2D eigenvalue weighted by molar-refractivity contribution is 6.99. The fourth-order valence-corrected chi connectivity index (χ4v) is 14.6. The van der Waals surface area contributed by atoms with E-state index in [-0.39, 0.29) is 22.6 Å². The van der Waals surface area contributed by atoms with Crippen LogP contribution in [0.4, 0.5) is 10.2 Å². The van der Waals surface area contributed by atoms with Crippen molar-refractivity contribution in [2.24, 2.45) is 0 Å². The van der Waals surface area contributed by atoms with Gasteiger partial charge in [-0.05, 0) is 152 Å². The Morgan fingerprint density at radius 3 is 2.06 bits per heavy atom. The number of aryl methyl sites for hydroxylation is 1. The molecule has 4 heterocycles. The van der Waals surface area contributed by atoms with E-state index in [1.54, 1.807) is 10.6 Å². The molecule has 2 atom stereocenters. The average Bonchev–Trinajstić information content (AvgIpc) is 3.79. The molecule has 0 radical (unpaired) electrons. The van der Waals surface area contributed by atoms with E-state index < -0.39 is 44.3 Å². The molecule has 11 nitrogen and oxygen atoms in total.